The minimum absolute atomic E-state index is 0.372. The lowest BCUT2D eigenvalue weighted by Crippen LogP contribution is -2.08. The van der Waals surface area contributed by atoms with Gasteiger partial charge in [-0.25, -0.2) is 0 Å². The first kappa shape index (κ1) is 12.9. The Morgan fingerprint density at radius 3 is 3.11 bits per heavy atom. The molecule has 3 rings (SSSR count). The van der Waals surface area contributed by atoms with Crippen molar-refractivity contribution >= 4 is 29.2 Å². The molecule has 0 saturated carbocycles. The number of hydrogen-bond donors (Lipinski definition) is 1. The average molecular weight is 293 g/mol. The van der Waals surface area contributed by atoms with Gasteiger partial charge < -0.3 is 10.3 Å². The van der Waals surface area contributed by atoms with E-state index in [1.165, 1.54) is 5.75 Å². The highest BCUT2D eigenvalue weighted by atomic mass is 32.2. The second-order valence-corrected chi connectivity index (χ2v) is 6.86. The zero-order valence-corrected chi connectivity index (χ0v) is 12.0. The third-order valence-electron chi connectivity index (χ3n) is 2.89. The molecular formula is C13H15N3OS2. The van der Waals surface area contributed by atoms with Gasteiger partial charge in [0.1, 0.15) is 0 Å². The number of anilines is 1. The highest BCUT2D eigenvalue weighted by Crippen LogP contribution is 2.35. The molecule has 1 aliphatic rings. The van der Waals surface area contributed by atoms with Gasteiger partial charge in [0.25, 0.3) is 0 Å². The van der Waals surface area contributed by atoms with Crippen LogP contribution in [0.2, 0.25) is 0 Å². The van der Waals surface area contributed by atoms with Gasteiger partial charge in [-0.05, 0) is 17.7 Å². The number of aromatic nitrogens is 2. The van der Waals surface area contributed by atoms with Gasteiger partial charge in [0.05, 0.1) is 11.7 Å². The third-order valence-corrected chi connectivity index (χ3v) is 5.65. The lowest BCUT2D eigenvalue weighted by Gasteiger charge is -2.16. The summed E-state index contributed by atoms with van der Waals surface area (Å²) in [4.78, 5) is 4.51. The monoisotopic (exact) mass is 293 g/mol. The molecule has 1 fully saturated rings. The molecular weight excluding hydrogens is 278 g/mol. The standard InChI is InChI=1S/C13H15N3OS2/c14-10-3-1-2-9(6-10)7-12-15-13(16-17-12)11-8-18-4-5-19-11/h1-3,6,11H,4-5,7-8,14H2. The first-order chi connectivity index (χ1) is 9.31. The molecule has 1 aromatic carbocycles. The van der Waals surface area contributed by atoms with Gasteiger partial charge in [0.15, 0.2) is 5.82 Å². The van der Waals surface area contributed by atoms with E-state index in [4.69, 9.17) is 10.3 Å². The number of benzene rings is 1. The Bertz CT molecular complexity index is 552. The number of thioether (sulfide) groups is 2. The van der Waals surface area contributed by atoms with Crippen molar-refractivity contribution in [1.82, 2.24) is 10.1 Å². The van der Waals surface area contributed by atoms with E-state index >= 15 is 0 Å². The predicted octanol–water partition coefficient (Wildman–Crippen LogP) is 2.76. The largest absolute Gasteiger partial charge is 0.399 e. The fourth-order valence-electron chi connectivity index (χ4n) is 1.99. The van der Waals surface area contributed by atoms with E-state index in [1.54, 1.807) is 0 Å². The van der Waals surface area contributed by atoms with Crippen molar-refractivity contribution in [2.24, 2.45) is 0 Å². The zero-order valence-electron chi connectivity index (χ0n) is 10.4. The Hall–Kier alpha value is -1.14. The van der Waals surface area contributed by atoms with Gasteiger partial charge in [-0.1, -0.05) is 17.3 Å². The van der Waals surface area contributed by atoms with Crippen molar-refractivity contribution in [2.75, 3.05) is 23.0 Å². The Kier molecular flexibility index (Phi) is 3.98. The van der Waals surface area contributed by atoms with Crippen LogP contribution in [0.1, 0.15) is 22.5 Å². The molecule has 0 radical (unpaired) electrons. The van der Waals surface area contributed by atoms with Crippen molar-refractivity contribution < 1.29 is 4.52 Å². The summed E-state index contributed by atoms with van der Waals surface area (Å²) in [6, 6.07) is 7.77. The molecule has 1 saturated heterocycles. The number of nitrogens with two attached hydrogens (primary N) is 1. The van der Waals surface area contributed by atoms with Crippen molar-refractivity contribution in [2.45, 2.75) is 11.7 Å². The molecule has 1 atom stereocenters. The summed E-state index contributed by atoms with van der Waals surface area (Å²) >= 11 is 3.87. The Labute approximate surface area is 120 Å². The second-order valence-electron chi connectivity index (χ2n) is 4.40. The summed E-state index contributed by atoms with van der Waals surface area (Å²) < 4.78 is 5.34. The molecule has 0 spiro atoms. The molecule has 19 heavy (non-hydrogen) atoms. The van der Waals surface area contributed by atoms with Crippen LogP contribution in [-0.4, -0.2) is 27.4 Å². The molecule has 2 N–H and O–H groups in total. The van der Waals surface area contributed by atoms with Crippen molar-refractivity contribution in [1.29, 1.82) is 0 Å². The number of nitrogen functional groups attached to an aromatic ring is 1. The maximum atomic E-state index is 5.76. The van der Waals surface area contributed by atoms with Gasteiger partial charge in [-0.15, -0.1) is 11.8 Å². The van der Waals surface area contributed by atoms with Crippen LogP contribution >= 0.6 is 23.5 Å². The summed E-state index contributed by atoms with van der Waals surface area (Å²) in [6.45, 7) is 0. The molecule has 6 heteroatoms. The Balaban J connectivity index is 1.70. The lowest BCUT2D eigenvalue weighted by atomic mass is 10.1. The molecule has 1 aliphatic heterocycles. The molecule has 2 heterocycles. The van der Waals surface area contributed by atoms with Crippen molar-refractivity contribution in [3.8, 4) is 0 Å². The van der Waals surface area contributed by atoms with E-state index in [-0.39, 0.29) is 0 Å². The van der Waals surface area contributed by atoms with Gasteiger partial charge in [0, 0.05) is 22.9 Å². The summed E-state index contributed by atoms with van der Waals surface area (Å²) in [5, 5.41) is 4.48. The number of hydrogen-bond acceptors (Lipinski definition) is 6. The molecule has 0 aliphatic carbocycles. The zero-order chi connectivity index (χ0) is 13.1. The highest BCUT2D eigenvalue weighted by Gasteiger charge is 2.21. The second kappa shape index (κ2) is 5.88. The van der Waals surface area contributed by atoms with Crippen LogP contribution in [0.25, 0.3) is 0 Å². The van der Waals surface area contributed by atoms with Crippen molar-refractivity contribution in [3.63, 3.8) is 0 Å². The molecule has 1 unspecified atom stereocenters. The van der Waals surface area contributed by atoms with Crippen LogP contribution < -0.4 is 5.73 Å². The van der Waals surface area contributed by atoms with Crippen LogP contribution in [0.15, 0.2) is 28.8 Å². The average Bonchev–Trinajstić information content (AvgIpc) is 2.88. The quantitative estimate of drug-likeness (QED) is 0.878. The van der Waals surface area contributed by atoms with E-state index < -0.39 is 0 Å². The predicted molar refractivity (Wildman–Crippen MR) is 80.5 cm³/mol. The Morgan fingerprint density at radius 2 is 2.32 bits per heavy atom. The molecule has 4 nitrogen and oxygen atoms in total. The molecule has 100 valence electrons. The van der Waals surface area contributed by atoms with E-state index in [9.17, 15) is 0 Å². The first-order valence-corrected chi connectivity index (χ1v) is 8.38. The minimum atomic E-state index is 0.372. The van der Waals surface area contributed by atoms with Crippen LogP contribution in [0.3, 0.4) is 0 Å². The van der Waals surface area contributed by atoms with Crippen LogP contribution in [-0.2, 0) is 6.42 Å². The van der Waals surface area contributed by atoms with Crippen LogP contribution in [0.4, 0.5) is 5.69 Å². The topological polar surface area (TPSA) is 64.9 Å². The Morgan fingerprint density at radius 1 is 1.37 bits per heavy atom. The first-order valence-electron chi connectivity index (χ1n) is 6.17. The van der Waals surface area contributed by atoms with Crippen molar-refractivity contribution in [3.05, 3.63) is 41.5 Å². The van der Waals surface area contributed by atoms with E-state index in [0.29, 0.717) is 17.6 Å². The molecule has 1 aromatic heterocycles. The van der Waals surface area contributed by atoms with Gasteiger partial charge in [0.2, 0.25) is 5.89 Å². The fraction of sp³-hybridized carbons (Fsp3) is 0.385. The molecule has 0 bridgehead atoms. The normalized spacial score (nSPS) is 19.5. The van der Waals surface area contributed by atoms with Crippen LogP contribution in [0, 0.1) is 0 Å². The summed E-state index contributed by atoms with van der Waals surface area (Å²) in [6.07, 6.45) is 0.641. The molecule has 0 amide bonds. The number of rotatable bonds is 3. The smallest absolute Gasteiger partial charge is 0.231 e. The highest BCUT2D eigenvalue weighted by molar-refractivity contribution is 8.06. The SMILES string of the molecule is Nc1cccc(Cc2nc(C3CSCCS3)no2)c1. The van der Waals surface area contributed by atoms with Gasteiger partial charge >= 0.3 is 0 Å². The number of nitrogens with zero attached hydrogens (tertiary/aromatic N) is 2. The summed E-state index contributed by atoms with van der Waals surface area (Å²) in [5.41, 5.74) is 7.62. The third kappa shape index (κ3) is 3.25. The maximum Gasteiger partial charge on any atom is 0.231 e. The molecule has 2 aromatic rings. The summed E-state index contributed by atoms with van der Waals surface area (Å²) in [5.74, 6) is 4.94. The fourth-order valence-corrected chi connectivity index (χ4v) is 4.57. The van der Waals surface area contributed by atoms with E-state index in [2.05, 4.69) is 10.1 Å². The van der Waals surface area contributed by atoms with E-state index in [0.717, 1.165) is 28.6 Å². The van der Waals surface area contributed by atoms with Gasteiger partial charge in [-0.2, -0.15) is 16.7 Å². The van der Waals surface area contributed by atoms with Crippen LogP contribution in [0.5, 0.6) is 0 Å². The summed E-state index contributed by atoms with van der Waals surface area (Å²) in [7, 11) is 0. The van der Waals surface area contributed by atoms with E-state index in [1.807, 2.05) is 47.8 Å². The maximum absolute atomic E-state index is 5.76. The minimum Gasteiger partial charge on any atom is -0.399 e. The van der Waals surface area contributed by atoms with Gasteiger partial charge in [-0.3, -0.25) is 0 Å². The lowest BCUT2D eigenvalue weighted by molar-refractivity contribution is 0.379.